The highest BCUT2D eigenvalue weighted by Gasteiger charge is 2.55. The minimum Gasteiger partial charge on any atom is -0.396 e. The Hall–Kier alpha value is -1.55. The summed E-state index contributed by atoms with van der Waals surface area (Å²) in [6.07, 6.45) is 4.78. The fourth-order valence-electron chi connectivity index (χ4n) is 6.07. The average Bonchev–Trinajstić information content (AvgIpc) is 2.98. The van der Waals surface area contributed by atoms with Crippen molar-refractivity contribution in [1.82, 2.24) is 10.6 Å². The van der Waals surface area contributed by atoms with Crippen LogP contribution < -0.4 is 10.6 Å². The van der Waals surface area contributed by atoms with E-state index in [0.29, 0.717) is 23.7 Å². The van der Waals surface area contributed by atoms with Crippen molar-refractivity contribution in [2.75, 3.05) is 13.2 Å². The van der Waals surface area contributed by atoms with Gasteiger partial charge in [-0.3, -0.25) is 0 Å². The summed E-state index contributed by atoms with van der Waals surface area (Å²) >= 11 is 0. The molecule has 128 valence electrons. The van der Waals surface area contributed by atoms with Gasteiger partial charge in [-0.25, -0.2) is 4.79 Å². The summed E-state index contributed by atoms with van der Waals surface area (Å²) < 4.78 is 0. The van der Waals surface area contributed by atoms with Crippen molar-refractivity contribution in [3.8, 4) is 0 Å². The lowest BCUT2D eigenvalue weighted by Crippen LogP contribution is -2.49. The van der Waals surface area contributed by atoms with Gasteiger partial charge in [0.1, 0.15) is 0 Å². The molecule has 2 bridgehead atoms. The van der Waals surface area contributed by atoms with Crippen LogP contribution in [-0.4, -0.2) is 30.3 Å². The Balaban J connectivity index is 1.14. The first-order valence-electron chi connectivity index (χ1n) is 9.49. The van der Waals surface area contributed by atoms with E-state index >= 15 is 0 Å². The SMILES string of the molecule is O=C(NCC1C2Cc3ccccc3C12)NC1C2CCC(C2)C1CO. The fourth-order valence-corrected chi connectivity index (χ4v) is 6.07. The Morgan fingerprint density at radius 1 is 1.17 bits per heavy atom. The predicted octanol–water partition coefficient (Wildman–Crippen LogP) is 2.28. The smallest absolute Gasteiger partial charge is 0.315 e. The highest BCUT2D eigenvalue weighted by atomic mass is 16.3. The first kappa shape index (κ1) is 14.8. The van der Waals surface area contributed by atoms with E-state index in [1.807, 2.05) is 0 Å². The Morgan fingerprint density at radius 2 is 2.00 bits per heavy atom. The Morgan fingerprint density at radius 3 is 2.88 bits per heavy atom. The summed E-state index contributed by atoms with van der Waals surface area (Å²) in [6, 6.07) is 8.87. The molecular weight excluding hydrogens is 300 g/mol. The number of fused-ring (bicyclic) bond motifs is 5. The van der Waals surface area contributed by atoms with Crippen molar-refractivity contribution >= 4 is 6.03 Å². The van der Waals surface area contributed by atoms with Crippen LogP contribution in [0.3, 0.4) is 0 Å². The molecule has 4 aliphatic carbocycles. The van der Waals surface area contributed by atoms with E-state index in [9.17, 15) is 9.90 Å². The Kier molecular flexibility index (Phi) is 3.37. The molecule has 0 radical (unpaired) electrons. The second-order valence-corrected chi connectivity index (χ2v) is 8.32. The van der Waals surface area contributed by atoms with Crippen molar-refractivity contribution < 1.29 is 9.90 Å². The first-order valence-corrected chi connectivity index (χ1v) is 9.49. The molecule has 1 aromatic carbocycles. The van der Waals surface area contributed by atoms with Crippen LogP contribution in [0.5, 0.6) is 0 Å². The zero-order chi connectivity index (χ0) is 16.3. The second kappa shape index (κ2) is 5.48. The van der Waals surface area contributed by atoms with Crippen LogP contribution in [0.15, 0.2) is 24.3 Å². The third kappa shape index (κ3) is 2.19. The molecule has 4 aliphatic rings. The molecule has 0 saturated heterocycles. The minimum atomic E-state index is -0.0377. The summed E-state index contributed by atoms with van der Waals surface area (Å²) in [6.45, 7) is 0.982. The molecule has 1 aromatic rings. The minimum absolute atomic E-state index is 0.0377. The van der Waals surface area contributed by atoms with Gasteiger partial charge in [0.05, 0.1) is 0 Å². The van der Waals surface area contributed by atoms with Gasteiger partial charge in [0.15, 0.2) is 0 Å². The van der Waals surface area contributed by atoms with Crippen LogP contribution in [0.2, 0.25) is 0 Å². The maximum absolute atomic E-state index is 12.3. The van der Waals surface area contributed by atoms with Gasteiger partial charge in [-0.1, -0.05) is 24.3 Å². The molecule has 7 unspecified atom stereocenters. The van der Waals surface area contributed by atoms with Gasteiger partial charge >= 0.3 is 6.03 Å². The number of hydrogen-bond acceptors (Lipinski definition) is 2. The number of nitrogens with one attached hydrogen (secondary N) is 2. The highest BCUT2D eigenvalue weighted by Crippen LogP contribution is 2.60. The lowest BCUT2D eigenvalue weighted by atomic mass is 9.85. The zero-order valence-electron chi connectivity index (χ0n) is 13.9. The summed E-state index contributed by atoms with van der Waals surface area (Å²) in [4.78, 5) is 12.3. The number of urea groups is 1. The standard InChI is InChI=1S/C20H26N2O2/c23-10-17-12-5-6-13(7-12)19(17)22-20(24)21-9-16-15-8-11-3-1-2-4-14(11)18(15)16/h1-4,12-13,15-19,23H,5-10H2,(H2,21,22,24). The molecule has 7 atom stereocenters. The number of benzene rings is 1. The van der Waals surface area contributed by atoms with E-state index in [2.05, 4.69) is 34.9 Å². The molecule has 0 aliphatic heterocycles. The maximum Gasteiger partial charge on any atom is 0.315 e. The molecule has 4 heteroatoms. The van der Waals surface area contributed by atoms with E-state index < -0.39 is 0 Å². The number of aliphatic hydroxyl groups excluding tert-OH is 1. The zero-order valence-corrected chi connectivity index (χ0v) is 13.9. The van der Waals surface area contributed by atoms with Crippen LogP contribution in [-0.2, 0) is 6.42 Å². The van der Waals surface area contributed by atoms with Crippen molar-refractivity contribution in [2.45, 2.75) is 37.6 Å². The van der Waals surface area contributed by atoms with Gasteiger partial charge in [-0.05, 0) is 66.4 Å². The lowest BCUT2D eigenvalue weighted by Gasteiger charge is -2.30. The van der Waals surface area contributed by atoms with Crippen LogP contribution in [0.25, 0.3) is 0 Å². The summed E-state index contributed by atoms with van der Waals surface area (Å²) in [5.74, 6) is 3.46. The Labute approximate surface area is 143 Å². The molecule has 0 heterocycles. The van der Waals surface area contributed by atoms with E-state index in [-0.39, 0.29) is 24.6 Å². The normalized spacial score (nSPS) is 41.0. The summed E-state index contributed by atoms with van der Waals surface area (Å²) in [5.41, 5.74) is 3.00. The predicted molar refractivity (Wildman–Crippen MR) is 91.6 cm³/mol. The third-order valence-electron chi connectivity index (χ3n) is 7.30. The Bertz CT molecular complexity index is 661. The van der Waals surface area contributed by atoms with E-state index in [1.54, 1.807) is 0 Å². The molecule has 0 spiro atoms. The highest BCUT2D eigenvalue weighted by molar-refractivity contribution is 5.74. The third-order valence-corrected chi connectivity index (χ3v) is 7.30. The van der Waals surface area contributed by atoms with Crippen molar-refractivity contribution in [3.05, 3.63) is 35.4 Å². The fraction of sp³-hybridized carbons (Fsp3) is 0.650. The maximum atomic E-state index is 12.3. The summed E-state index contributed by atoms with van der Waals surface area (Å²) in [5, 5.41) is 15.9. The van der Waals surface area contributed by atoms with E-state index in [1.165, 1.54) is 36.8 Å². The average molecular weight is 326 g/mol. The number of aliphatic hydroxyl groups is 1. The van der Waals surface area contributed by atoms with Crippen LogP contribution >= 0.6 is 0 Å². The van der Waals surface area contributed by atoms with Crippen molar-refractivity contribution in [2.24, 2.45) is 29.6 Å². The van der Waals surface area contributed by atoms with Crippen LogP contribution in [0, 0.1) is 29.6 Å². The van der Waals surface area contributed by atoms with Gasteiger partial charge in [0.25, 0.3) is 0 Å². The molecule has 3 fully saturated rings. The van der Waals surface area contributed by atoms with E-state index in [0.717, 1.165) is 12.5 Å². The second-order valence-electron chi connectivity index (χ2n) is 8.32. The van der Waals surface area contributed by atoms with Gasteiger partial charge < -0.3 is 15.7 Å². The van der Waals surface area contributed by atoms with Gasteiger partial charge in [0, 0.05) is 25.1 Å². The number of hydrogen-bond donors (Lipinski definition) is 3. The number of rotatable bonds is 4. The molecule has 24 heavy (non-hydrogen) atoms. The first-order chi connectivity index (χ1) is 11.8. The monoisotopic (exact) mass is 326 g/mol. The molecule has 3 saturated carbocycles. The molecule has 4 nitrogen and oxygen atoms in total. The van der Waals surface area contributed by atoms with Crippen LogP contribution in [0.1, 0.15) is 36.3 Å². The topological polar surface area (TPSA) is 61.4 Å². The van der Waals surface area contributed by atoms with Gasteiger partial charge in [0.2, 0.25) is 0 Å². The summed E-state index contributed by atoms with van der Waals surface area (Å²) in [7, 11) is 0. The molecule has 3 N–H and O–H groups in total. The van der Waals surface area contributed by atoms with E-state index in [4.69, 9.17) is 0 Å². The van der Waals surface area contributed by atoms with Crippen molar-refractivity contribution in [1.29, 1.82) is 0 Å². The number of carbonyl (C=O) groups excluding carboxylic acids is 1. The van der Waals surface area contributed by atoms with Crippen molar-refractivity contribution in [3.63, 3.8) is 0 Å². The lowest BCUT2D eigenvalue weighted by molar-refractivity contribution is 0.144. The largest absolute Gasteiger partial charge is 0.396 e. The van der Waals surface area contributed by atoms with Crippen LogP contribution in [0.4, 0.5) is 4.79 Å². The molecule has 2 amide bonds. The molecular formula is C20H26N2O2. The molecule has 5 rings (SSSR count). The quantitative estimate of drug-likeness (QED) is 0.795. The number of amides is 2. The number of carbonyl (C=O) groups is 1. The molecule has 0 aromatic heterocycles. The van der Waals surface area contributed by atoms with Gasteiger partial charge in [-0.15, -0.1) is 0 Å². The van der Waals surface area contributed by atoms with Gasteiger partial charge in [-0.2, -0.15) is 0 Å².